The minimum atomic E-state index is -2.51. The van der Waals surface area contributed by atoms with E-state index < -0.39 is 24.4 Å². The third-order valence-electron chi connectivity index (χ3n) is 3.44. The molecule has 0 atom stereocenters. The minimum Gasteiger partial charge on any atom is -0.481 e. The number of hydrogen-bond donors (Lipinski definition) is 2. The van der Waals surface area contributed by atoms with Gasteiger partial charge in [-0.2, -0.15) is 0 Å². The summed E-state index contributed by atoms with van der Waals surface area (Å²) in [6.45, 7) is 1.94. The summed E-state index contributed by atoms with van der Waals surface area (Å²) in [5, 5.41) is 11.6. The SMILES string of the molecule is CC1(C(=O)O)CCN(C(=O)NCCOCC(F)F)CC1. The summed E-state index contributed by atoms with van der Waals surface area (Å²) in [7, 11) is 0. The average molecular weight is 294 g/mol. The fourth-order valence-electron chi connectivity index (χ4n) is 1.93. The first-order valence-corrected chi connectivity index (χ1v) is 6.47. The van der Waals surface area contributed by atoms with Crippen LogP contribution in [0.3, 0.4) is 0 Å². The highest BCUT2D eigenvalue weighted by atomic mass is 19.3. The molecule has 2 N–H and O–H groups in total. The Morgan fingerprint density at radius 3 is 2.50 bits per heavy atom. The van der Waals surface area contributed by atoms with Crippen molar-refractivity contribution in [1.82, 2.24) is 10.2 Å². The molecule has 6 nitrogen and oxygen atoms in total. The molecule has 0 unspecified atom stereocenters. The Morgan fingerprint density at radius 1 is 1.40 bits per heavy atom. The van der Waals surface area contributed by atoms with E-state index in [1.165, 1.54) is 4.90 Å². The number of carbonyl (C=O) groups excluding carboxylic acids is 1. The number of nitrogens with zero attached hydrogens (tertiary/aromatic N) is 1. The standard InChI is InChI=1S/C12H20F2N2O4/c1-12(10(17)18)2-5-16(6-3-12)11(19)15-4-7-20-8-9(13)14/h9H,2-8H2,1H3,(H,15,19)(H,17,18). The van der Waals surface area contributed by atoms with Crippen LogP contribution < -0.4 is 5.32 Å². The molecular weight excluding hydrogens is 274 g/mol. The molecule has 116 valence electrons. The van der Waals surface area contributed by atoms with Gasteiger partial charge in [-0.05, 0) is 19.8 Å². The normalized spacial score (nSPS) is 18.1. The molecule has 2 amide bonds. The van der Waals surface area contributed by atoms with E-state index in [1.807, 2.05) is 0 Å². The molecule has 0 aromatic rings. The summed E-state index contributed by atoms with van der Waals surface area (Å²) in [5.74, 6) is -0.849. The van der Waals surface area contributed by atoms with Crippen LogP contribution in [0.5, 0.6) is 0 Å². The molecule has 1 aliphatic rings. The number of hydrogen-bond acceptors (Lipinski definition) is 3. The van der Waals surface area contributed by atoms with Gasteiger partial charge in [-0.25, -0.2) is 13.6 Å². The summed E-state index contributed by atoms with van der Waals surface area (Å²) in [6, 6.07) is -0.321. The fourth-order valence-corrected chi connectivity index (χ4v) is 1.93. The van der Waals surface area contributed by atoms with Crippen molar-refractivity contribution in [3.8, 4) is 0 Å². The highest BCUT2D eigenvalue weighted by Gasteiger charge is 2.37. The van der Waals surface area contributed by atoms with Crippen molar-refractivity contribution in [3.05, 3.63) is 0 Å². The van der Waals surface area contributed by atoms with Crippen molar-refractivity contribution in [1.29, 1.82) is 0 Å². The fraction of sp³-hybridized carbons (Fsp3) is 0.833. The minimum absolute atomic E-state index is 0.0246. The van der Waals surface area contributed by atoms with E-state index in [0.717, 1.165) is 0 Å². The summed E-state index contributed by atoms with van der Waals surface area (Å²) >= 11 is 0. The second-order valence-electron chi connectivity index (χ2n) is 5.05. The number of carboxylic acid groups (broad SMARTS) is 1. The Balaban J connectivity index is 2.21. The molecular formula is C12H20F2N2O4. The second kappa shape index (κ2) is 7.37. The number of likely N-dealkylation sites (tertiary alicyclic amines) is 1. The predicted octanol–water partition coefficient (Wildman–Crippen LogP) is 1.16. The topological polar surface area (TPSA) is 78.9 Å². The van der Waals surface area contributed by atoms with Gasteiger partial charge in [0.1, 0.15) is 6.61 Å². The maximum Gasteiger partial charge on any atom is 0.317 e. The number of urea groups is 1. The molecule has 1 rings (SSSR count). The number of aliphatic carboxylic acids is 1. The van der Waals surface area contributed by atoms with Gasteiger partial charge in [0, 0.05) is 19.6 Å². The lowest BCUT2D eigenvalue weighted by atomic mass is 9.80. The van der Waals surface area contributed by atoms with Gasteiger partial charge in [0.15, 0.2) is 0 Å². The molecule has 0 aliphatic carbocycles. The molecule has 0 radical (unpaired) electrons. The van der Waals surface area contributed by atoms with Crippen molar-refractivity contribution < 1.29 is 28.2 Å². The van der Waals surface area contributed by atoms with Crippen LogP contribution in [-0.4, -0.2) is 61.3 Å². The Labute approximate surface area is 116 Å². The van der Waals surface area contributed by atoms with E-state index in [-0.39, 0.29) is 19.2 Å². The zero-order valence-corrected chi connectivity index (χ0v) is 11.4. The predicted molar refractivity (Wildman–Crippen MR) is 66.8 cm³/mol. The molecule has 1 fully saturated rings. The van der Waals surface area contributed by atoms with Crippen LogP contribution in [0, 0.1) is 5.41 Å². The molecule has 1 aliphatic heterocycles. The second-order valence-corrected chi connectivity index (χ2v) is 5.05. The Hall–Kier alpha value is -1.44. The van der Waals surface area contributed by atoms with E-state index in [4.69, 9.17) is 5.11 Å². The van der Waals surface area contributed by atoms with E-state index in [9.17, 15) is 18.4 Å². The summed E-state index contributed by atoms with van der Waals surface area (Å²) in [5.41, 5.74) is -0.781. The molecule has 0 bridgehead atoms. The number of rotatable bonds is 6. The van der Waals surface area contributed by atoms with Crippen molar-refractivity contribution in [2.45, 2.75) is 26.2 Å². The van der Waals surface area contributed by atoms with Gasteiger partial charge >= 0.3 is 12.0 Å². The molecule has 20 heavy (non-hydrogen) atoms. The van der Waals surface area contributed by atoms with E-state index in [0.29, 0.717) is 25.9 Å². The highest BCUT2D eigenvalue weighted by Crippen LogP contribution is 2.30. The number of ether oxygens (including phenoxy) is 1. The smallest absolute Gasteiger partial charge is 0.317 e. The van der Waals surface area contributed by atoms with Crippen LogP contribution in [0.2, 0.25) is 0 Å². The maximum absolute atomic E-state index is 11.8. The van der Waals surface area contributed by atoms with Gasteiger partial charge in [0.2, 0.25) is 0 Å². The summed E-state index contributed by atoms with van der Waals surface area (Å²) < 4.78 is 28.2. The summed E-state index contributed by atoms with van der Waals surface area (Å²) in [6.07, 6.45) is -1.71. The largest absolute Gasteiger partial charge is 0.481 e. The van der Waals surface area contributed by atoms with Gasteiger partial charge in [-0.15, -0.1) is 0 Å². The molecule has 1 saturated heterocycles. The Bertz CT molecular complexity index is 344. The quantitative estimate of drug-likeness (QED) is 0.721. The molecule has 0 aromatic carbocycles. The molecule has 1 heterocycles. The highest BCUT2D eigenvalue weighted by molar-refractivity contribution is 5.76. The lowest BCUT2D eigenvalue weighted by molar-refractivity contribution is -0.150. The Morgan fingerprint density at radius 2 is 2.00 bits per heavy atom. The van der Waals surface area contributed by atoms with Crippen LogP contribution in [-0.2, 0) is 9.53 Å². The van der Waals surface area contributed by atoms with E-state index >= 15 is 0 Å². The van der Waals surface area contributed by atoms with Crippen molar-refractivity contribution >= 4 is 12.0 Å². The number of carboxylic acids is 1. The van der Waals surface area contributed by atoms with Gasteiger partial charge < -0.3 is 20.1 Å². The molecule has 0 saturated carbocycles. The van der Waals surface area contributed by atoms with E-state index in [1.54, 1.807) is 6.92 Å². The monoisotopic (exact) mass is 294 g/mol. The molecule has 0 aromatic heterocycles. The van der Waals surface area contributed by atoms with Crippen LogP contribution in [0.4, 0.5) is 13.6 Å². The Kier molecular flexibility index (Phi) is 6.12. The molecule has 8 heteroatoms. The third kappa shape index (κ3) is 4.92. The van der Waals surface area contributed by atoms with Crippen LogP contribution in [0.1, 0.15) is 19.8 Å². The van der Waals surface area contributed by atoms with Gasteiger partial charge in [0.25, 0.3) is 6.43 Å². The van der Waals surface area contributed by atoms with Crippen LogP contribution in [0.25, 0.3) is 0 Å². The van der Waals surface area contributed by atoms with E-state index in [2.05, 4.69) is 10.1 Å². The first kappa shape index (κ1) is 16.6. The summed E-state index contributed by atoms with van der Waals surface area (Å²) in [4.78, 5) is 24.3. The number of carbonyl (C=O) groups is 2. The molecule has 0 spiro atoms. The third-order valence-corrected chi connectivity index (χ3v) is 3.44. The van der Waals surface area contributed by atoms with Crippen LogP contribution >= 0.6 is 0 Å². The number of nitrogens with one attached hydrogen (secondary N) is 1. The van der Waals surface area contributed by atoms with Crippen molar-refractivity contribution in [3.63, 3.8) is 0 Å². The maximum atomic E-state index is 11.8. The van der Waals surface area contributed by atoms with Crippen molar-refractivity contribution in [2.24, 2.45) is 5.41 Å². The van der Waals surface area contributed by atoms with Gasteiger partial charge in [-0.1, -0.05) is 0 Å². The van der Waals surface area contributed by atoms with Gasteiger partial charge in [0.05, 0.1) is 12.0 Å². The number of halogens is 2. The zero-order valence-electron chi connectivity index (χ0n) is 11.4. The first-order valence-electron chi connectivity index (χ1n) is 6.47. The van der Waals surface area contributed by atoms with Gasteiger partial charge in [-0.3, -0.25) is 4.79 Å². The lowest BCUT2D eigenvalue weighted by Crippen LogP contribution is -2.49. The lowest BCUT2D eigenvalue weighted by Gasteiger charge is -2.36. The van der Waals surface area contributed by atoms with Crippen molar-refractivity contribution in [2.75, 3.05) is 32.8 Å². The number of amides is 2. The first-order chi connectivity index (χ1) is 9.35. The number of alkyl halides is 2. The number of piperidine rings is 1. The van der Waals surface area contributed by atoms with Crippen LogP contribution in [0.15, 0.2) is 0 Å². The zero-order chi connectivity index (χ0) is 15.2. The average Bonchev–Trinajstić information content (AvgIpc) is 2.38.